The van der Waals surface area contributed by atoms with Gasteiger partial charge in [0.25, 0.3) is 0 Å². The molecule has 5 nitrogen and oxygen atoms in total. The van der Waals surface area contributed by atoms with Crippen LogP contribution in [0.4, 0.5) is 0 Å². The summed E-state index contributed by atoms with van der Waals surface area (Å²) in [6, 6.07) is 9.38. The molecule has 1 aromatic rings. The van der Waals surface area contributed by atoms with Crippen LogP contribution < -0.4 is 10.6 Å². The van der Waals surface area contributed by atoms with Gasteiger partial charge in [0, 0.05) is 6.54 Å². The van der Waals surface area contributed by atoms with Crippen LogP contribution >= 0.6 is 0 Å². The Morgan fingerprint density at radius 2 is 1.95 bits per heavy atom. The van der Waals surface area contributed by atoms with E-state index in [-0.39, 0.29) is 24.3 Å². The van der Waals surface area contributed by atoms with Crippen LogP contribution in [0.5, 0.6) is 0 Å². The minimum absolute atomic E-state index is 0.0506. The van der Waals surface area contributed by atoms with Crippen molar-refractivity contribution in [3.63, 3.8) is 0 Å². The lowest BCUT2D eigenvalue weighted by Crippen LogP contribution is -2.44. The molecular weight excluding hydrogens is 268 g/mol. The molecule has 2 unspecified atom stereocenters. The predicted molar refractivity (Wildman–Crippen MR) is 80.0 cm³/mol. The van der Waals surface area contributed by atoms with Crippen LogP contribution in [0.3, 0.4) is 0 Å². The fourth-order valence-electron chi connectivity index (χ4n) is 2.32. The lowest BCUT2D eigenvalue weighted by Gasteiger charge is -2.15. The molecule has 0 radical (unpaired) electrons. The van der Waals surface area contributed by atoms with Gasteiger partial charge in [0.1, 0.15) is 6.04 Å². The van der Waals surface area contributed by atoms with Crippen molar-refractivity contribution in [1.29, 1.82) is 0 Å². The number of benzene rings is 1. The number of nitrogens with one attached hydrogen (secondary N) is 2. The largest absolute Gasteiger partial charge is 0.480 e. The summed E-state index contributed by atoms with van der Waals surface area (Å²) in [7, 11) is 0. The molecular formula is C16H22N2O3. The zero-order valence-electron chi connectivity index (χ0n) is 12.2. The highest BCUT2D eigenvalue weighted by molar-refractivity contribution is 5.80. The second kappa shape index (κ2) is 7.22. The molecule has 21 heavy (non-hydrogen) atoms. The molecule has 1 saturated carbocycles. The highest BCUT2D eigenvalue weighted by Gasteiger charge is 2.36. The zero-order chi connectivity index (χ0) is 15.2. The molecule has 2 rings (SSSR count). The van der Waals surface area contributed by atoms with Crippen molar-refractivity contribution in [1.82, 2.24) is 10.6 Å². The Kier molecular flexibility index (Phi) is 5.33. The van der Waals surface area contributed by atoms with Crippen molar-refractivity contribution in [3.8, 4) is 0 Å². The minimum Gasteiger partial charge on any atom is -0.480 e. The summed E-state index contributed by atoms with van der Waals surface area (Å²) in [5, 5.41) is 14.7. The highest BCUT2D eigenvalue weighted by atomic mass is 16.4. The van der Waals surface area contributed by atoms with Gasteiger partial charge in [-0.15, -0.1) is 0 Å². The van der Waals surface area contributed by atoms with Crippen LogP contribution in [0.2, 0.25) is 0 Å². The number of amides is 1. The van der Waals surface area contributed by atoms with Gasteiger partial charge in [-0.2, -0.15) is 0 Å². The SMILES string of the molecule is CC(CNC(=O)CNC(C(=O)O)C1CC1)c1ccccc1. The maximum atomic E-state index is 11.8. The molecule has 0 aliphatic heterocycles. The van der Waals surface area contributed by atoms with Crippen LogP contribution in [0.25, 0.3) is 0 Å². The predicted octanol–water partition coefficient (Wildman–Crippen LogP) is 1.36. The third kappa shape index (κ3) is 4.86. The van der Waals surface area contributed by atoms with Gasteiger partial charge in [0.15, 0.2) is 0 Å². The number of carboxylic acids is 1. The van der Waals surface area contributed by atoms with Crippen molar-refractivity contribution in [2.75, 3.05) is 13.1 Å². The molecule has 0 saturated heterocycles. The lowest BCUT2D eigenvalue weighted by atomic mass is 10.0. The van der Waals surface area contributed by atoms with Crippen LogP contribution in [0, 0.1) is 5.92 Å². The van der Waals surface area contributed by atoms with Crippen LogP contribution in [0.1, 0.15) is 31.2 Å². The molecule has 1 amide bonds. The van der Waals surface area contributed by atoms with Crippen molar-refractivity contribution in [3.05, 3.63) is 35.9 Å². The summed E-state index contributed by atoms with van der Waals surface area (Å²) in [5.74, 6) is -0.625. The van der Waals surface area contributed by atoms with E-state index in [2.05, 4.69) is 10.6 Å². The Labute approximate surface area is 124 Å². The Bertz CT molecular complexity index is 486. The quantitative estimate of drug-likeness (QED) is 0.675. The van der Waals surface area contributed by atoms with Crippen molar-refractivity contribution in [2.45, 2.75) is 31.7 Å². The first kappa shape index (κ1) is 15.5. The Hall–Kier alpha value is -1.88. The van der Waals surface area contributed by atoms with E-state index in [0.717, 1.165) is 12.8 Å². The van der Waals surface area contributed by atoms with Crippen LogP contribution in [-0.4, -0.2) is 36.1 Å². The summed E-state index contributed by atoms with van der Waals surface area (Å²) in [4.78, 5) is 22.8. The maximum absolute atomic E-state index is 11.8. The molecule has 0 heterocycles. The number of carboxylic acid groups (broad SMARTS) is 1. The van der Waals surface area contributed by atoms with Gasteiger partial charge in [0.2, 0.25) is 5.91 Å². The Morgan fingerprint density at radius 1 is 1.29 bits per heavy atom. The smallest absolute Gasteiger partial charge is 0.320 e. The maximum Gasteiger partial charge on any atom is 0.320 e. The molecule has 0 spiro atoms. The van der Waals surface area contributed by atoms with Crippen molar-refractivity contribution in [2.24, 2.45) is 5.92 Å². The Morgan fingerprint density at radius 3 is 2.52 bits per heavy atom. The van der Waals surface area contributed by atoms with Crippen LogP contribution in [0.15, 0.2) is 30.3 Å². The number of aliphatic carboxylic acids is 1. The summed E-state index contributed by atoms with van der Waals surface area (Å²) in [5.41, 5.74) is 1.17. The monoisotopic (exact) mass is 290 g/mol. The van der Waals surface area contributed by atoms with E-state index in [1.54, 1.807) is 0 Å². The molecule has 1 fully saturated rings. The van der Waals surface area contributed by atoms with Gasteiger partial charge >= 0.3 is 5.97 Å². The molecule has 5 heteroatoms. The third-order valence-corrected chi connectivity index (χ3v) is 3.82. The second-order valence-corrected chi connectivity index (χ2v) is 5.65. The number of carbonyl (C=O) groups excluding carboxylic acids is 1. The topological polar surface area (TPSA) is 78.4 Å². The summed E-state index contributed by atoms with van der Waals surface area (Å²) in [6.45, 7) is 2.65. The zero-order valence-corrected chi connectivity index (χ0v) is 12.2. The molecule has 0 bridgehead atoms. The van der Waals surface area contributed by atoms with Crippen molar-refractivity contribution < 1.29 is 14.7 Å². The summed E-state index contributed by atoms with van der Waals surface area (Å²) in [6.07, 6.45) is 1.85. The molecule has 0 aromatic heterocycles. The minimum atomic E-state index is -0.872. The average molecular weight is 290 g/mol. The van der Waals surface area contributed by atoms with E-state index in [0.29, 0.717) is 6.54 Å². The molecule has 2 atom stereocenters. The second-order valence-electron chi connectivity index (χ2n) is 5.65. The molecule has 3 N–H and O–H groups in total. The van der Waals surface area contributed by atoms with Crippen LogP contribution in [-0.2, 0) is 9.59 Å². The van der Waals surface area contributed by atoms with Gasteiger partial charge < -0.3 is 10.4 Å². The van der Waals surface area contributed by atoms with Gasteiger partial charge in [-0.3, -0.25) is 14.9 Å². The van der Waals surface area contributed by atoms with E-state index < -0.39 is 12.0 Å². The summed E-state index contributed by atoms with van der Waals surface area (Å²) < 4.78 is 0. The third-order valence-electron chi connectivity index (χ3n) is 3.82. The standard InChI is InChI=1S/C16H22N2O3/c1-11(12-5-3-2-4-6-12)9-17-14(19)10-18-15(16(20)21)13-7-8-13/h2-6,11,13,15,18H,7-10H2,1H3,(H,17,19)(H,20,21). The molecule has 114 valence electrons. The first-order valence-electron chi connectivity index (χ1n) is 7.35. The molecule has 1 aliphatic rings. The van der Waals surface area contributed by atoms with Gasteiger partial charge in [0.05, 0.1) is 6.54 Å². The van der Waals surface area contributed by atoms with Crippen molar-refractivity contribution >= 4 is 11.9 Å². The molecule has 1 aromatic carbocycles. The summed E-state index contributed by atoms with van der Waals surface area (Å²) >= 11 is 0. The number of hydrogen-bond donors (Lipinski definition) is 3. The number of hydrogen-bond acceptors (Lipinski definition) is 3. The number of rotatable bonds is 8. The number of carbonyl (C=O) groups is 2. The van der Waals surface area contributed by atoms with Gasteiger partial charge in [-0.25, -0.2) is 0 Å². The highest BCUT2D eigenvalue weighted by Crippen LogP contribution is 2.32. The average Bonchev–Trinajstić information content (AvgIpc) is 3.30. The van der Waals surface area contributed by atoms with E-state index in [4.69, 9.17) is 5.11 Å². The molecule has 1 aliphatic carbocycles. The van der Waals surface area contributed by atoms with E-state index in [1.165, 1.54) is 5.56 Å². The van der Waals surface area contributed by atoms with Gasteiger partial charge in [-0.05, 0) is 30.2 Å². The van der Waals surface area contributed by atoms with E-state index in [9.17, 15) is 9.59 Å². The lowest BCUT2D eigenvalue weighted by molar-refractivity contribution is -0.140. The Balaban J connectivity index is 1.71. The van der Waals surface area contributed by atoms with E-state index in [1.807, 2.05) is 37.3 Å². The van der Waals surface area contributed by atoms with E-state index >= 15 is 0 Å². The fourth-order valence-corrected chi connectivity index (χ4v) is 2.32. The van der Waals surface area contributed by atoms with Gasteiger partial charge in [-0.1, -0.05) is 37.3 Å². The normalized spacial score (nSPS) is 17.0. The fraction of sp³-hybridized carbons (Fsp3) is 0.500. The first-order valence-corrected chi connectivity index (χ1v) is 7.35. The first-order chi connectivity index (χ1) is 10.1.